The fourth-order valence-electron chi connectivity index (χ4n) is 2.61. The van der Waals surface area contributed by atoms with E-state index in [4.69, 9.17) is 0 Å². The fraction of sp³-hybridized carbons (Fsp3) is 0.312. The van der Waals surface area contributed by atoms with Gasteiger partial charge in [-0.1, -0.05) is 18.2 Å². The van der Waals surface area contributed by atoms with Gasteiger partial charge in [0.1, 0.15) is 5.82 Å². The summed E-state index contributed by atoms with van der Waals surface area (Å²) in [5.74, 6) is 0.273. The van der Waals surface area contributed by atoms with Crippen LogP contribution < -0.4 is 15.8 Å². The number of aromatic nitrogens is 2. The smallest absolute Gasteiger partial charge is 0.302 e. The van der Waals surface area contributed by atoms with Crippen molar-refractivity contribution in [2.24, 2.45) is 7.05 Å². The number of para-hydroxylation sites is 1. The SMILES string of the molecule is Cn1cnc(NC(=O)N2CCCCc3ccccc32)cc1=O. The molecule has 22 heavy (non-hydrogen) atoms. The van der Waals surface area contributed by atoms with Gasteiger partial charge in [0, 0.05) is 25.3 Å². The number of carbonyl (C=O) groups is 1. The Morgan fingerprint density at radius 3 is 2.91 bits per heavy atom. The van der Waals surface area contributed by atoms with Gasteiger partial charge in [-0.15, -0.1) is 0 Å². The van der Waals surface area contributed by atoms with Gasteiger partial charge in [0.05, 0.1) is 6.33 Å². The average molecular weight is 298 g/mol. The number of hydrogen-bond acceptors (Lipinski definition) is 3. The van der Waals surface area contributed by atoms with Gasteiger partial charge in [-0.25, -0.2) is 9.78 Å². The molecule has 0 saturated heterocycles. The molecule has 1 aliphatic heterocycles. The van der Waals surface area contributed by atoms with Crippen LogP contribution in [0.5, 0.6) is 0 Å². The van der Waals surface area contributed by atoms with Crippen molar-refractivity contribution in [1.82, 2.24) is 9.55 Å². The van der Waals surface area contributed by atoms with Crippen molar-refractivity contribution in [3.8, 4) is 0 Å². The maximum Gasteiger partial charge on any atom is 0.327 e. The molecule has 0 aliphatic carbocycles. The molecule has 0 unspecified atom stereocenters. The fourth-order valence-corrected chi connectivity index (χ4v) is 2.61. The Balaban J connectivity index is 1.85. The maximum atomic E-state index is 12.5. The van der Waals surface area contributed by atoms with Crippen LogP contribution in [0, 0.1) is 0 Å². The van der Waals surface area contributed by atoms with Gasteiger partial charge in [-0.3, -0.25) is 15.0 Å². The third-order valence-corrected chi connectivity index (χ3v) is 3.82. The van der Waals surface area contributed by atoms with Crippen LogP contribution in [0.2, 0.25) is 0 Å². The summed E-state index contributed by atoms with van der Waals surface area (Å²) in [5.41, 5.74) is 1.90. The van der Waals surface area contributed by atoms with E-state index in [9.17, 15) is 9.59 Å². The quantitative estimate of drug-likeness (QED) is 0.877. The maximum absolute atomic E-state index is 12.5. The van der Waals surface area contributed by atoms with E-state index in [0.29, 0.717) is 6.54 Å². The largest absolute Gasteiger partial charge is 0.327 e. The minimum atomic E-state index is -0.255. The zero-order chi connectivity index (χ0) is 15.5. The van der Waals surface area contributed by atoms with Crippen LogP contribution in [0.3, 0.4) is 0 Å². The number of benzene rings is 1. The highest BCUT2D eigenvalue weighted by molar-refractivity contribution is 6.01. The van der Waals surface area contributed by atoms with E-state index in [2.05, 4.69) is 16.4 Å². The van der Waals surface area contributed by atoms with E-state index in [1.165, 1.54) is 22.5 Å². The Morgan fingerprint density at radius 2 is 2.09 bits per heavy atom. The summed E-state index contributed by atoms with van der Waals surface area (Å²) in [7, 11) is 1.62. The second kappa shape index (κ2) is 6.01. The molecule has 2 heterocycles. The number of nitrogens with zero attached hydrogens (tertiary/aromatic N) is 3. The van der Waals surface area contributed by atoms with Crippen molar-refractivity contribution >= 4 is 17.5 Å². The number of anilines is 2. The molecule has 0 bridgehead atoms. The number of nitrogens with one attached hydrogen (secondary N) is 1. The average Bonchev–Trinajstić information content (AvgIpc) is 2.73. The molecule has 0 atom stereocenters. The molecule has 114 valence electrons. The van der Waals surface area contributed by atoms with Crippen molar-refractivity contribution in [2.45, 2.75) is 19.3 Å². The van der Waals surface area contributed by atoms with Gasteiger partial charge in [0.25, 0.3) is 5.56 Å². The van der Waals surface area contributed by atoms with E-state index in [1.807, 2.05) is 18.2 Å². The van der Waals surface area contributed by atoms with Gasteiger partial charge in [-0.2, -0.15) is 0 Å². The van der Waals surface area contributed by atoms with Crippen molar-refractivity contribution in [3.63, 3.8) is 0 Å². The first-order valence-electron chi connectivity index (χ1n) is 7.34. The van der Waals surface area contributed by atoms with Gasteiger partial charge < -0.3 is 4.57 Å². The van der Waals surface area contributed by atoms with Crippen LogP contribution in [0.1, 0.15) is 18.4 Å². The lowest BCUT2D eigenvalue weighted by Gasteiger charge is -2.23. The minimum Gasteiger partial charge on any atom is -0.302 e. The second-order valence-electron chi connectivity index (χ2n) is 5.39. The molecule has 0 fully saturated rings. The summed E-state index contributed by atoms with van der Waals surface area (Å²) in [6.45, 7) is 0.660. The van der Waals surface area contributed by atoms with E-state index in [0.717, 1.165) is 24.9 Å². The first-order valence-corrected chi connectivity index (χ1v) is 7.34. The molecular weight excluding hydrogens is 280 g/mol. The van der Waals surface area contributed by atoms with Crippen LogP contribution >= 0.6 is 0 Å². The number of carbonyl (C=O) groups excluding carboxylic acids is 1. The molecule has 1 N–H and O–H groups in total. The lowest BCUT2D eigenvalue weighted by atomic mass is 10.1. The number of fused-ring (bicyclic) bond motifs is 1. The molecule has 0 saturated carbocycles. The van der Waals surface area contributed by atoms with Crippen molar-refractivity contribution in [2.75, 3.05) is 16.8 Å². The van der Waals surface area contributed by atoms with E-state index >= 15 is 0 Å². The van der Waals surface area contributed by atoms with Gasteiger partial charge >= 0.3 is 6.03 Å². The van der Waals surface area contributed by atoms with Crippen LogP contribution in [0.25, 0.3) is 0 Å². The van der Waals surface area contributed by atoms with E-state index < -0.39 is 0 Å². The molecule has 6 nitrogen and oxygen atoms in total. The van der Waals surface area contributed by atoms with Gasteiger partial charge in [-0.05, 0) is 30.9 Å². The number of rotatable bonds is 1. The Labute approximate surface area is 128 Å². The predicted octanol–water partition coefficient (Wildman–Crippen LogP) is 2.16. The molecule has 1 aromatic carbocycles. The zero-order valence-corrected chi connectivity index (χ0v) is 12.5. The lowest BCUT2D eigenvalue weighted by Crippen LogP contribution is -2.36. The highest BCUT2D eigenvalue weighted by atomic mass is 16.2. The standard InChI is InChI=1S/C16H18N4O2/c1-19-11-17-14(10-15(19)21)18-16(22)20-9-5-4-7-12-6-2-3-8-13(12)20/h2-3,6,8,10-11H,4-5,7,9H2,1H3,(H,18,22). The number of urea groups is 1. The molecule has 3 rings (SSSR count). The number of aryl methyl sites for hydroxylation is 2. The van der Waals surface area contributed by atoms with E-state index in [-0.39, 0.29) is 17.4 Å². The monoisotopic (exact) mass is 298 g/mol. The first kappa shape index (κ1) is 14.3. The van der Waals surface area contributed by atoms with Crippen LogP contribution in [-0.2, 0) is 13.5 Å². The van der Waals surface area contributed by atoms with Crippen molar-refractivity contribution in [3.05, 3.63) is 52.6 Å². The van der Waals surface area contributed by atoms with Gasteiger partial charge in [0.2, 0.25) is 0 Å². The number of hydrogen-bond donors (Lipinski definition) is 1. The predicted molar refractivity (Wildman–Crippen MR) is 85.2 cm³/mol. The highest BCUT2D eigenvalue weighted by Crippen LogP contribution is 2.26. The van der Waals surface area contributed by atoms with Crippen molar-refractivity contribution in [1.29, 1.82) is 0 Å². The summed E-state index contributed by atoms with van der Waals surface area (Å²) in [4.78, 5) is 29.9. The Kier molecular flexibility index (Phi) is 3.91. The highest BCUT2D eigenvalue weighted by Gasteiger charge is 2.21. The third-order valence-electron chi connectivity index (χ3n) is 3.82. The molecule has 6 heteroatoms. The van der Waals surface area contributed by atoms with Crippen LogP contribution in [0.15, 0.2) is 41.5 Å². The van der Waals surface area contributed by atoms with Crippen LogP contribution in [0.4, 0.5) is 16.3 Å². The van der Waals surface area contributed by atoms with Crippen molar-refractivity contribution < 1.29 is 4.79 Å². The third kappa shape index (κ3) is 2.86. The zero-order valence-electron chi connectivity index (χ0n) is 12.5. The molecule has 1 aromatic heterocycles. The first-order chi connectivity index (χ1) is 10.6. The molecule has 1 aliphatic rings. The molecule has 2 aromatic rings. The summed E-state index contributed by atoms with van der Waals surface area (Å²) in [5, 5.41) is 2.71. The Morgan fingerprint density at radius 1 is 1.27 bits per heavy atom. The summed E-state index contributed by atoms with van der Waals surface area (Å²) < 4.78 is 1.36. The van der Waals surface area contributed by atoms with E-state index in [1.54, 1.807) is 11.9 Å². The minimum absolute atomic E-state index is 0.207. The molecule has 2 amide bonds. The summed E-state index contributed by atoms with van der Waals surface area (Å²) in [6.07, 6.45) is 4.38. The van der Waals surface area contributed by atoms with Gasteiger partial charge in [0.15, 0.2) is 0 Å². The Bertz CT molecular complexity index is 754. The number of amides is 2. The molecule has 0 radical (unpaired) electrons. The normalized spacial score (nSPS) is 14.1. The van der Waals surface area contributed by atoms with Crippen LogP contribution in [-0.4, -0.2) is 22.1 Å². The summed E-state index contributed by atoms with van der Waals surface area (Å²) >= 11 is 0. The Hall–Kier alpha value is -2.63. The summed E-state index contributed by atoms with van der Waals surface area (Å²) in [6, 6.07) is 9.00. The lowest BCUT2D eigenvalue weighted by molar-refractivity contribution is 0.257. The second-order valence-corrected chi connectivity index (χ2v) is 5.39. The molecular formula is C16H18N4O2. The topological polar surface area (TPSA) is 67.2 Å². The molecule has 0 spiro atoms.